The van der Waals surface area contributed by atoms with Crippen molar-refractivity contribution in [3.63, 3.8) is 0 Å². The van der Waals surface area contributed by atoms with Crippen molar-refractivity contribution in [1.82, 2.24) is 15.1 Å². The van der Waals surface area contributed by atoms with Crippen LogP contribution in [-0.2, 0) is 9.53 Å². The van der Waals surface area contributed by atoms with E-state index in [-0.39, 0.29) is 18.1 Å². The number of nitrogens with one attached hydrogen (secondary N) is 1. The SMILES string of the molecule is CC(C)Nc1nnc(SCC(=O)N2CC(C)OC(C)C2)s1. The van der Waals surface area contributed by atoms with Crippen LogP contribution in [0.25, 0.3) is 0 Å². The molecule has 1 saturated heterocycles. The molecule has 1 aromatic rings. The monoisotopic (exact) mass is 330 g/mol. The highest BCUT2D eigenvalue weighted by atomic mass is 32.2. The van der Waals surface area contributed by atoms with Crippen LogP contribution in [0.1, 0.15) is 27.7 Å². The summed E-state index contributed by atoms with van der Waals surface area (Å²) in [6, 6.07) is 0.328. The topological polar surface area (TPSA) is 67.4 Å². The maximum absolute atomic E-state index is 12.2. The predicted octanol–water partition coefficient (Wildman–Crippen LogP) is 2.09. The number of thioether (sulfide) groups is 1. The van der Waals surface area contributed by atoms with Gasteiger partial charge in [0.2, 0.25) is 11.0 Å². The first-order valence-electron chi connectivity index (χ1n) is 7.10. The second kappa shape index (κ2) is 7.42. The fraction of sp³-hybridized carbons (Fsp3) is 0.769. The van der Waals surface area contributed by atoms with Gasteiger partial charge in [0.15, 0.2) is 4.34 Å². The molecule has 0 aromatic carbocycles. The van der Waals surface area contributed by atoms with Gasteiger partial charge < -0.3 is 15.0 Å². The third-order valence-electron chi connectivity index (χ3n) is 2.91. The Hall–Kier alpha value is -0.860. The van der Waals surface area contributed by atoms with Crippen LogP contribution in [0.4, 0.5) is 5.13 Å². The standard InChI is InChI=1S/C13H22N4O2S2/c1-8(2)14-12-15-16-13(21-12)20-7-11(18)17-5-9(3)19-10(4)6-17/h8-10H,5-7H2,1-4H3,(H,14,15). The number of carbonyl (C=O) groups is 1. The largest absolute Gasteiger partial charge is 0.372 e. The molecule has 6 nitrogen and oxygen atoms in total. The van der Waals surface area contributed by atoms with Gasteiger partial charge in [0, 0.05) is 19.1 Å². The highest BCUT2D eigenvalue weighted by Gasteiger charge is 2.25. The number of morpholine rings is 1. The van der Waals surface area contributed by atoms with Crippen LogP contribution in [0.2, 0.25) is 0 Å². The molecule has 2 unspecified atom stereocenters. The number of rotatable bonds is 5. The van der Waals surface area contributed by atoms with Crippen LogP contribution in [0.5, 0.6) is 0 Å². The number of amides is 1. The van der Waals surface area contributed by atoms with Gasteiger partial charge in [-0.15, -0.1) is 10.2 Å². The second-order valence-corrected chi connectivity index (χ2v) is 7.72. The second-order valence-electron chi connectivity index (χ2n) is 5.52. The van der Waals surface area contributed by atoms with Gasteiger partial charge in [0.25, 0.3) is 0 Å². The average molecular weight is 330 g/mol. The molecule has 0 spiro atoms. The van der Waals surface area contributed by atoms with Crippen molar-refractivity contribution in [2.75, 3.05) is 24.2 Å². The molecule has 1 aliphatic heterocycles. The lowest BCUT2D eigenvalue weighted by Gasteiger charge is -2.35. The van der Waals surface area contributed by atoms with Gasteiger partial charge in [0.05, 0.1) is 18.0 Å². The fourth-order valence-corrected chi connectivity index (χ4v) is 3.97. The highest BCUT2D eigenvalue weighted by Crippen LogP contribution is 2.26. The van der Waals surface area contributed by atoms with Crippen molar-refractivity contribution in [2.45, 2.75) is 50.3 Å². The summed E-state index contributed by atoms with van der Waals surface area (Å²) in [6.07, 6.45) is 0.206. The fourth-order valence-electron chi connectivity index (χ4n) is 2.17. The minimum Gasteiger partial charge on any atom is -0.372 e. The van der Waals surface area contributed by atoms with E-state index in [1.165, 1.54) is 23.1 Å². The minimum atomic E-state index is 0.103. The summed E-state index contributed by atoms with van der Waals surface area (Å²) in [5.41, 5.74) is 0. The Kier molecular flexibility index (Phi) is 5.83. The molecule has 1 N–H and O–H groups in total. The van der Waals surface area contributed by atoms with E-state index >= 15 is 0 Å². The number of hydrogen-bond acceptors (Lipinski definition) is 7. The molecular weight excluding hydrogens is 308 g/mol. The lowest BCUT2D eigenvalue weighted by molar-refractivity contribution is -0.140. The summed E-state index contributed by atoms with van der Waals surface area (Å²) in [7, 11) is 0. The Morgan fingerprint density at radius 2 is 2.10 bits per heavy atom. The molecule has 2 rings (SSSR count). The highest BCUT2D eigenvalue weighted by molar-refractivity contribution is 8.01. The smallest absolute Gasteiger partial charge is 0.233 e. The minimum absolute atomic E-state index is 0.103. The van der Waals surface area contributed by atoms with Crippen molar-refractivity contribution >= 4 is 34.1 Å². The van der Waals surface area contributed by atoms with E-state index in [0.717, 1.165) is 9.47 Å². The van der Waals surface area contributed by atoms with Gasteiger partial charge >= 0.3 is 0 Å². The van der Waals surface area contributed by atoms with Gasteiger partial charge in [-0.05, 0) is 27.7 Å². The zero-order chi connectivity index (χ0) is 15.4. The zero-order valence-electron chi connectivity index (χ0n) is 12.8. The summed E-state index contributed by atoms with van der Waals surface area (Å²) in [4.78, 5) is 14.1. The molecule has 1 aromatic heterocycles. The van der Waals surface area contributed by atoms with Gasteiger partial charge in [0.1, 0.15) is 0 Å². The van der Waals surface area contributed by atoms with Crippen LogP contribution >= 0.6 is 23.1 Å². The molecular formula is C13H22N4O2S2. The third-order valence-corrected chi connectivity index (χ3v) is 4.88. The lowest BCUT2D eigenvalue weighted by Crippen LogP contribution is -2.48. The summed E-state index contributed by atoms with van der Waals surface area (Å²) >= 11 is 2.93. The number of aromatic nitrogens is 2. The quantitative estimate of drug-likeness (QED) is 0.834. The van der Waals surface area contributed by atoms with Crippen LogP contribution in [0, 0.1) is 0 Å². The van der Waals surface area contributed by atoms with E-state index in [1.807, 2.05) is 18.7 Å². The van der Waals surface area contributed by atoms with Crippen molar-refractivity contribution in [1.29, 1.82) is 0 Å². The number of hydrogen-bond donors (Lipinski definition) is 1. The van der Waals surface area contributed by atoms with Crippen molar-refractivity contribution in [3.05, 3.63) is 0 Å². The predicted molar refractivity (Wildman–Crippen MR) is 86.0 cm³/mol. The first kappa shape index (κ1) is 16.5. The lowest BCUT2D eigenvalue weighted by atomic mass is 10.2. The number of anilines is 1. The van der Waals surface area contributed by atoms with E-state index in [9.17, 15) is 4.79 Å². The third kappa shape index (κ3) is 5.12. The summed E-state index contributed by atoms with van der Waals surface area (Å²) < 4.78 is 6.46. The molecule has 118 valence electrons. The van der Waals surface area contributed by atoms with Crippen LogP contribution < -0.4 is 5.32 Å². The summed E-state index contributed by atoms with van der Waals surface area (Å²) in [5.74, 6) is 0.533. The molecule has 1 aliphatic rings. The van der Waals surface area contributed by atoms with Gasteiger partial charge in [-0.25, -0.2) is 0 Å². The van der Waals surface area contributed by atoms with Gasteiger partial charge in [-0.3, -0.25) is 4.79 Å². The Labute approximate surface area is 133 Å². The van der Waals surface area contributed by atoms with E-state index in [4.69, 9.17) is 4.74 Å². The molecule has 2 heterocycles. The Bertz CT molecular complexity index is 470. The first-order valence-corrected chi connectivity index (χ1v) is 8.90. The Balaban J connectivity index is 1.82. The zero-order valence-corrected chi connectivity index (χ0v) is 14.5. The molecule has 21 heavy (non-hydrogen) atoms. The maximum Gasteiger partial charge on any atom is 0.233 e. The molecule has 2 atom stereocenters. The van der Waals surface area contributed by atoms with Gasteiger partial charge in [-0.1, -0.05) is 23.1 Å². The van der Waals surface area contributed by atoms with E-state index < -0.39 is 0 Å². The summed E-state index contributed by atoms with van der Waals surface area (Å²) in [5, 5.41) is 12.2. The molecule has 0 aliphatic carbocycles. The van der Waals surface area contributed by atoms with E-state index in [0.29, 0.717) is 24.9 Å². The molecule has 0 saturated carbocycles. The van der Waals surface area contributed by atoms with Crippen molar-refractivity contribution in [2.24, 2.45) is 0 Å². The molecule has 8 heteroatoms. The number of ether oxygens (including phenoxy) is 1. The molecule has 1 fully saturated rings. The molecule has 0 radical (unpaired) electrons. The van der Waals surface area contributed by atoms with Crippen LogP contribution in [-0.4, -0.2) is 58.1 Å². The maximum atomic E-state index is 12.2. The van der Waals surface area contributed by atoms with E-state index in [1.54, 1.807) is 0 Å². The number of carbonyl (C=O) groups excluding carboxylic acids is 1. The molecule has 0 bridgehead atoms. The normalized spacial score (nSPS) is 22.6. The van der Waals surface area contributed by atoms with E-state index in [2.05, 4.69) is 29.4 Å². The van der Waals surface area contributed by atoms with Crippen molar-refractivity contribution in [3.8, 4) is 0 Å². The molecule has 1 amide bonds. The Morgan fingerprint density at radius 3 is 2.71 bits per heavy atom. The summed E-state index contributed by atoms with van der Waals surface area (Å²) in [6.45, 7) is 9.44. The number of nitrogens with zero attached hydrogens (tertiary/aromatic N) is 3. The Morgan fingerprint density at radius 1 is 1.43 bits per heavy atom. The van der Waals surface area contributed by atoms with Crippen molar-refractivity contribution < 1.29 is 9.53 Å². The van der Waals surface area contributed by atoms with Crippen LogP contribution in [0.15, 0.2) is 4.34 Å². The van der Waals surface area contributed by atoms with Crippen LogP contribution in [0.3, 0.4) is 0 Å². The first-order chi connectivity index (χ1) is 9.94. The average Bonchev–Trinajstić information content (AvgIpc) is 2.81. The van der Waals surface area contributed by atoms with Gasteiger partial charge in [-0.2, -0.15) is 0 Å².